The van der Waals surface area contributed by atoms with Gasteiger partial charge in [-0.15, -0.1) is 0 Å². The molecule has 4 rings (SSSR count). The highest BCUT2D eigenvalue weighted by molar-refractivity contribution is 5.98. The van der Waals surface area contributed by atoms with Gasteiger partial charge in [-0.05, 0) is 66.7 Å². The zero-order valence-electron chi connectivity index (χ0n) is 16.7. The van der Waals surface area contributed by atoms with E-state index < -0.39 is 0 Å². The van der Waals surface area contributed by atoms with Crippen LogP contribution in [0.1, 0.15) is 11.8 Å². The minimum absolute atomic E-state index is 0. The van der Waals surface area contributed by atoms with Crippen molar-refractivity contribution in [3.63, 3.8) is 0 Å². The third-order valence-corrected chi connectivity index (χ3v) is 4.75. The molecule has 1 heterocycles. The number of hydrogen-bond acceptors (Lipinski definition) is 4. The Morgan fingerprint density at radius 1 is 0.871 bits per heavy atom. The molecule has 31 heavy (non-hydrogen) atoms. The smallest absolute Gasteiger partial charge is 0.251 e. The molecule has 1 N–H and O–H groups in total. The van der Waals surface area contributed by atoms with Gasteiger partial charge in [0.1, 0.15) is 11.6 Å². The third kappa shape index (κ3) is 4.57. The van der Waals surface area contributed by atoms with Gasteiger partial charge < -0.3 is 10.1 Å². The van der Waals surface area contributed by atoms with Crippen molar-refractivity contribution in [3.05, 3.63) is 83.9 Å². The van der Waals surface area contributed by atoms with Gasteiger partial charge in [-0.2, -0.15) is 0 Å². The Morgan fingerprint density at radius 2 is 1.42 bits per heavy atom. The molecule has 0 saturated heterocycles. The summed E-state index contributed by atoms with van der Waals surface area (Å²) in [6, 6.07) is 16.9. The topological polar surface area (TPSA) is 64.1 Å². The molecule has 3 aromatic carbocycles. The average Bonchev–Trinajstić information content (AvgIpc) is 2.79. The van der Waals surface area contributed by atoms with Crippen LogP contribution >= 0.6 is 0 Å². The summed E-state index contributed by atoms with van der Waals surface area (Å²) in [4.78, 5) is 21.8. The van der Waals surface area contributed by atoms with Gasteiger partial charge in [0, 0.05) is 31.8 Å². The minimum Gasteiger partial charge on any atom is -0.383 e. The summed E-state index contributed by atoms with van der Waals surface area (Å²) in [6.45, 7) is 0.804. The van der Waals surface area contributed by atoms with Gasteiger partial charge in [-0.25, -0.2) is 18.7 Å². The number of aromatic nitrogens is 2. The Bertz CT molecular complexity index is 1230. The van der Waals surface area contributed by atoms with Crippen molar-refractivity contribution in [1.82, 2.24) is 15.3 Å². The highest BCUT2D eigenvalue weighted by atomic mass is 19.1. The predicted octanol–water partition coefficient (Wildman–Crippen LogP) is 4.86. The maximum Gasteiger partial charge on any atom is 0.251 e. The number of ether oxygens (including phenoxy) is 1. The molecule has 0 atom stereocenters. The molecule has 0 aliphatic heterocycles. The van der Waals surface area contributed by atoms with Gasteiger partial charge in [0.05, 0.1) is 29.0 Å². The van der Waals surface area contributed by atoms with E-state index in [4.69, 9.17) is 14.7 Å². The van der Waals surface area contributed by atoms with Crippen molar-refractivity contribution in [2.45, 2.75) is 0 Å². The Morgan fingerprint density at radius 3 is 1.97 bits per heavy atom. The van der Waals surface area contributed by atoms with Gasteiger partial charge in [0.15, 0.2) is 0 Å². The number of nitrogens with one attached hydrogen (secondary N) is 1. The summed E-state index contributed by atoms with van der Waals surface area (Å²) < 4.78 is 31.8. The van der Waals surface area contributed by atoms with E-state index in [0.29, 0.717) is 52.3 Å². The first kappa shape index (κ1) is 20.6. The first-order valence-electron chi connectivity index (χ1n) is 9.66. The Hall–Kier alpha value is -3.71. The lowest BCUT2D eigenvalue weighted by Crippen LogP contribution is -2.26. The van der Waals surface area contributed by atoms with E-state index in [1.165, 1.54) is 24.3 Å². The molecule has 0 unspecified atom stereocenters. The van der Waals surface area contributed by atoms with Crippen molar-refractivity contribution in [2.24, 2.45) is 0 Å². The molecule has 5 nitrogen and oxygen atoms in total. The number of rotatable bonds is 6. The van der Waals surface area contributed by atoms with Crippen LogP contribution in [0.2, 0.25) is 0 Å². The summed E-state index contributed by atoms with van der Waals surface area (Å²) in [7, 11) is 1.56. The summed E-state index contributed by atoms with van der Waals surface area (Å²) in [6.07, 6.45) is 0. The Balaban J connectivity index is 0.00000289. The summed E-state index contributed by atoms with van der Waals surface area (Å²) >= 11 is 0. The number of nitrogens with zero attached hydrogens (tertiary/aromatic N) is 2. The molecule has 1 aromatic heterocycles. The molecule has 1 amide bonds. The standard InChI is InChI=1S/C24H19F2N3O2.H2/c1-31-13-12-27-24(30)17-6-11-20-21(14-17)29-23(16-4-9-19(26)10-5-16)22(28-20)15-2-7-18(25)8-3-15;/h2-11,14H,12-13H2,1H3,(H,27,30);1H. The lowest BCUT2D eigenvalue weighted by Gasteiger charge is -2.12. The van der Waals surface area contributed by atoms with Crippen LogP contribution < -0.4 is 5.32 Å². The third-order valence-electron chi connectivity index (χ3n) is 4.75. The van der Waals surface area contributed by atoms with E-state index >= 15 is 0 Å². The highest BCUT2D eigenvalue weighted by Gasteiger charge is 2.15. The van der Waals surface area contributed by atoms with Gasteiger partial charge in [0.2, 0.25) is 0 Å². The van der Waals surface area contributed by atoms with E-state index in [0.717, 1.165) is 0 Å². The molecule has 4 aromatic rings. The fourth-order valence-electron chi connectivity index (χ4n) is 3.18. The van der Waals surface area contributed by atoms with Crippen LogP contribution in [-0.2, 0) is 4.74 Å². The summed E-state index contributed by atoms with van der Waals surface area (Å²) in [5, 5.41) is 2.77. The molecule has 0 aliphatic rings. The Kier molecular flexibility index (Phi) is 5.95. The fraction of sp³-hybridized carbons (Fsp3) is 0.125. The Labute approximate surface area is 179 Å². The zero-order valence-corrected chi connectivity index (χ0v) is 16.7. The van der Waals surface area contributed by atoms with Crippen LogP contribution in [-0.4, -0.2) is 36.1 Å². The molecular formula is C24H21F2N3O2. The molecule has 0 radical (unpaired) electrons. The van der Waals surface area contributed by atoms with E-state index in [-0.39, 0.29) is 19.0 Å². The van der Waals surface area contributed by atoms with Crippen molar-refractivity contribution in [2.75, 3.05) is 20.3 Å². The van der Waals surface area contributed by atoms with Crippen LogP contribution in [0.4, 0.5) is 8.78 Å². The molecule has 158 valence electrons. The number of halogens is 2. The maximum atomic E-state index is 13.5. The van der Waals surface area contributed by atoms with Crippen molar-refractivity contribution < 1.29 is 19.7 Å². The van der Waals surface area contributed by atoms with Crippen LogP contribution in [0, 0.1) is 11.6 Å². The minimum atomic E-state index is -0.365. The normalized spacial score (nSPS) is 10.9. The lowest BCUT2D eigenvalue weighted by molar-refractivity contribution is 0.0937. The quantitative estimate of drug-likeness (QED) is 0.452. The number of amides is 1. The first-order valence-corrected chi connectivity index (χ1v) is 9.66. The number of methoxy groups -OCH3 is 1. The molecule has 7 heteroatoms. The molecular weight excluding hydrogens is 400 g/mol. The van der Waals surface area contributed by atoms with Crippen LogP contribution in [0.15, 0.2) is 66.7 Å². The van der Waals surface area contributed by atoms with Gasteiger partial charge in [-0.1, -0.05) is 0 Å². The second kappa shape index (κ2) is 8.97. The second-order valence-corrected chi connectivity index (χ2v) is 6.89. The maximum absolute atomic E-state index is 13.5. The summed E-state index contributed by atoms with van der Waals surface area (Å²) in [5.41, 5.74) is 3.93. The molecule has 0 saturated carbocycles. The van der Waals surface area contributed by atoms with Gasteiger partial charge in [-0.3, -0.25) is 4.79 Å². The van der Waals surface area contributed by atoms with Crippen LogP contribution in [0.5, 0.6) is 0 Å². The van der Waals surface area contributed by atoms with Crippen molar-refractivity contribution in [3.8, 4) is 22.5 Å². The zero-order chi connectivity index (χ0) is 21.8. The van der Waals surface area contributed by atoms with Crippen LogP contribution in [0.25, 0.3) is 33.5 Å². The van der Waals surface area contributed by atoms with E-state index in [1.54, 1.807) is 49.6 Å². The predicted molar refractivity (Wildman–Crippen MR) is 117 cm³/mol. The number of fused-ring (bicyclic) bond motifs is 1. The fourth-order valence-corrected chi connectivity index (χ4v) is 3.18. The molecule has 0 spiro atoms. The second-order valence-electron chi connectivity index (χ2n) is 6.89. The van der Waals surface area contributed by atoms with E-state index in [1.807, 2.05) is 0 Å². The monoisotopic (exact) mass is 421 g/mol. The SMILES string of the molecule is COCCNC(=O)c1ccc2nc(-c3ccc(F)cc3)c(-c3ccc(F)cc3)nc2c1.[HH]. The number of benzene rings is 3. The van der Waals surface area contributed by atoms with E-state index in [9.17, 15) is 13.6 Å². The largest absolute Gasteiger partial charge is 0.383 e. The molecule has 0 bridgehead atoms. The van der Waals surface area contributed by atoms with E-state index in [2.05, 4.69) is 5.32 Å². The first-order chi connectivity index (χ1) is 15.0. The number of carbonyl (C=O) groups is 1. The molecule has 0 fully saturated rings. The lowest BCUT2D eigenvalue weighted by atomic mass is 10.0. The van der Waals surface area contributed by atoms with Crippen molar-refractivity contribution in [1.29, 1.82) is 0 Å². The number of carbonyl (C=O) groups excluding carboxylic acids is 1. The van der Waals surface area contributed by atoms with Gasteiger partial charge in [0.25, 0.3) is 5.91 Å². The highest BCUT2D eigenvalue weighted by Crippen LogP contribution is 2.31. The average molecular weight is 421 g/mol. The molecule has 0 aliphatic carbocycles. The van der Waals surface area contributed by atoms with Gasteiger partial charge >= 0.3 is 0 Å². The van der Waals surface area contributed by atoms with Crippen LogP contribution in [0.3, 0.4) is 0 Å². The summed E-state index contributed by atoms with van der Waals surface area (Å²) in [5.74, 6) is -0.965. The number of hydrogen-bond donors (Lipinski definition) is 1. The van der Waals surface area contributed by atoms with Crippen molar-refractivity contribution >= 4 is 16.9 Å².